The van der Waals surface area contributed by atoms with E-state index in [1.54, 1.807) is 0 Å². The third kappa shape index (κ3) is 4.59. The lowest BCUT2D eigenvalue weighted by Crippen LogP contribution is -2.54. The molecule has 1 fully saturated rings. The zero-order valence-corrected chi connectivity index (χ0v) is 14.4. The molecule has 0 saturated carbocycles. The molecule has 136 valence electrons. The second kappa shape index (κ2) is 7.15. The molecule has 1 unspecified atom stereocenters. The topological polar surface area (TPSA) is 40.6 Å². The van der Waals surface area contributed by atoms with Gasteiger partial charge in [0.15, 0.2) is 0 Å². The molecular weight excluding hydrogens is 372 g/mol. The van der Waals surface area contributed by atoms with Crippen LogP contribution in [0.4, 0.5) is 17.6 Å². The van der Waals surface area contributed by atoms with E-state index in [0.717, 1.165) is 17.3 Å². The standard InChI is InChI=1S/C14H17ClF4N2O2S/c1-10(14(17,18)19)20-4-6-21(7-5-20)24(22,23)9-11-8-12(15)2-3-13(11)16/h2-3,8,10H,4-7,9H2,1H3. The summed E-state index contributed by atoms with van der Waals surface area (Å²) >= 11 is 5.74. The Morgan fingerprint density at radius 1 is 1.21 bits per heavy atom. The van der Waals surface area contributed by atoms with Gasteiger partial charge in [-0.05, 0) is 25.1 Å². The fourth-order valence-corrected chi connectivity index (χ4v) is 4.23. The summed E-state index contributed by atoms with van der Waals surface area (Å²) < 4.78 is 77.6. The summed E-state index contributed by atoms with van der Waals surface area (Å²) in [6.45, 7) is 0.858. The average molecular weight is 389 g/mol. The lowest BCUT2D eigenvalue weighted by Gasteiger charge is -2.37. The van der Waals surface area contributed by atoms with Crippen LogP contribution in [-0.2, 0) is 15.8 Å². The molecule has 0 aromatic heterocycles. The summed E-state index contributed by atoms with van der Waals surface area (Å²) in [4.78, 5) is 1.19. The van der Waals surface area contributed by atoms with Gasteiger partial charge in [0.2, 0.25) is 10.0 Å². The van der Waals surface area contributed by atoms with Crippen LogP contribution in [-0.4, -0.2) is 56.0 Å². The van der Waals surface area contributed by atoms with E-state index in [4.69, 9.17) is 11.6 Å². The second-order valence-electron chi connectivity index (χ2n) is 5.64. The van der Waals surface area contributed by atoms with Crippen molar-refractivity contribution >= 4 is 21.6 Å². The fraction of sp³-hybridized carbons (Fsp3) is 0.571. The highest BCUT2D eigenvalue weighted by Crippen LogP contribution is 2.26. The van der Waals surface area contributed by atoms with Crippen molar-refractivity contribution in [1.29, 1.82) is 0 Å². The van der Waals surface area contributed by atoms with Crippen LogP contribution in [0, 0.1) is 5.82 Å². The first kappa shape index (κ1) is 19.4. The van der Waals surface area contributed by atoms with Gasteiger partial charge in [-0.2, -0.15) is 17.5 Å². The first-order valence-corrected chi connectivity index (χ1v) is 9.22. The van der Waals surface area contributed by atoms with Gasteiger partial charge in [-0.25, -0.2) is 12.8 Å². The normalized spacial score (nSPS) is 19.4. The largest absolute Gasteiger partial charge is 0.403 e. The Balaban J connectivity index is 2.04. The van der Waals surface area contributed by atoms with Crippen molar-refractivity contribution in [2.45, 2.75) is 24.9 Å². The maximum absolute atomic E-state index is 13.7. The van der Waals surface area contributed by atoms with Crippen LogP contribution < -0.4 is 0 Å². The molecule has 0 aliphatic carbocycles. The molecule has 24 heavy (non-hydrogen) atoms. The van der Waals surface area contributed by atoms with Gasteiger partial charge in [0.25, 0.3) is 0 Å². The Labute approximate surface area is 143 Å². The predicted molar refractivity (Wildman–Crippen MR) is 82.7 cm³/mol. The van der Waals surface area contributed by atoms with Crippen LogP contribution in [0.15, 0.2) is 18.2 Å². The molecule has 10 heteroatoms. The van der Waals surface area contributed by atoms with E-state index in [9.17, 15) is 26.0 Å². The van der Waals surface area contributed by atoms with Gasteiger partial charge in [0.05, 0.1) is 5.75 Å². The molecule has 0 bridgehead atoms. The van der Waals surface area contributed by atoms with Crippen LogP contribution in [0.25, 0.3) is 0 Å². The van der Waals surface area contributed by atoms with Gasteiger partial charge in [0, 0.05) is 36.8 Å². The molecule has 1 aliphatic rings. The number of halogens is 5. The molecule has 1 aromatic rings. The van der Waals surface area contributed by atoms with Gasteiger partial charge in [0.1, 0.15) is 11.9 Å². The summed E-state index contributed by atoms with van der Waals surface area (Å²) in [6.07, 6.45) is -4.36. The van der Waals surface area contributed by atoms with Gasteiger partial charge < -0.3 is 0 Å². The molecule has 1 aliphatic heterocycles. The monoisotopic (exact) mass is 388 g/mol. The lowest BCUT2D eigenvalue weighted by molar-refractivity contribution is -0.181. The summed E-state index contributed by atoms with van der Waals surface area (Å²) in [6, 6.07) is 1.99. The molecule has 0 radical (unpaired) electrons. The predicted octanol–water partition coefficient (Wildman–Crippen LogP) is 2.88. The molecule has 1 atom stereocenters. The van der Waals surface area contributed by atoms with E-state index in [2.05, 4.69) is 0 Å². The summed E-state index contributed by atoms with van der Waals surface area (Å²) in [5, 5.41) is 0.213. The van der Waals surface area contributed by atoms with Gasteiger partial charge in [-0.15, -0.1) is 0 Å². The maximum atomic E-state index is 13.7. The number of alkyl halides is 3. The molecule has 1 saturated heterocycles. The Kier molecular flexibility index (Phi) is 5.79. The Morgan fingerprint density at radius 2 is 1.79 bits per heavy atom. The molecule has 1 aromatic carbocycles. The minimum Gasteiger partial charge on any atom is -0.290 e. The van der Waals surface area contributed by atoms with E-state index < -0.39 is 33.8 Å². The zero-order chi connectivity index (χ0) is 18.1. The number of hydrogen-bond acceptors (Lipinski definition) is 3. The summed E-state index contributed by atoms with van der Waals surface area (Å²) in [7, 11) is -3.83. The number of piperazine rings is 1. The Hall–Kier alpha value is -0.900. The second-order valence-corrected chi connectivity index (χ2v) is 8.05. The molecule has 2 rings (SSSR count). The van der Waals surface area contributed by atoms with Crippen LogP contribution >= 0.6 is 11.6 Å². The van der Waals surface area contributed by atoms with Crippen molar-refractivity contribution in [3.05, 3.63) is 34.6 Å². The number of nitrogens with zero attached hydrogens (tertiary/aromatic N) is 2. The number of hydrogen-bond donors (Lipinski definition) is 0. The lowest BCUT2D eigenvalue weighted by atomic mass is 10.2. The number of benzene rings is 1. The minimum absolute atomic E-state index is 0.0298. The molecule has 1 heterocycles. The van der Waals surface area contributed by atoms with Crippen LogP contribution in [0.1, 0.15) is 12.5 Å². The van der Waals surface area contributed by atoms with Crippen LogP contribution in [0.3, 0.4) is 0 Å². The summed E-state index contributed by atoms with van der Waals surface area (Å²) in [5.41, 5.74) is -0.0615. The summed E-state index contributed by atoms with van der Waals surface area (Å²) in [5.74, 6) is -1.26. The van der Waals surface area contributed by atoms with E-state index in [1.807, 2.05) is 0 Å². The van der Waals surface area contributed by atoms with Gasteiger partial charge in [-0.1, -0.05) is 11.6 Å². The van der Waals surface area contributed by atoms with E-state index >= 15 is 0 Å². The average Bonchev–Trinajstić information content (AvgIpc) is 2.49. The first-order valence-electron chi connectivity index (χ1n) is 7.23. The van der Waals surface area contributed by atoms with Crippen molar-refractivity contribution in [2.24, 2.45) is 0 Å². The quantitative estimate of drug-likeness (QED) is 0.745. The van der Waals surface area contributed by atoms with Crippen LogP contribution in [0.5, 0.6) is 0 Å². The fourth-order valence-electron chi connectivity index (χ4n) is 2.52. The Morgan fingerprint density at radius 3 is 2.33 bits per heavy atom. The van der Waals surface area contributed by atoms with Crippen molar-refractivity contribution in [1.82, 2.24) is 9.21 Å². The number of sulfonamides is 1. The van der Waals surface area contributed by atoms with E-state index in [0.29, 0.717) is 0 Å². The third-order valence-electron chi connectivity index (χ3n) is 4.03. The van der Waals surface area contributed by atoms with E-state index in [1.165, 1.54) is 17.0 Å². The number of rotatable bonds is 4. The molecule has 0 spiro atoms. The van der Waals surface area contributed by atoms with Crippen LogP contribution in [0.2, 0.25) is 5.02 Å². The first-order chi connectivity index (χ1) is 11.0. The van der Waals surface area contributed by atoms with E-state index in [-0.39, 0.29) is 36.8 Å². The van der Waals surface area contributed by atoms with Crippen molar-refractivity contribution in [3.8, 4) is 0 Å². The molecule has 0 N–H and O–H groups in total. The van der Waals surface area contributed by atoms with Crippen molar-refractivity contribution in [2.75, 3.05) is 26.2 Å². The molecule has 0 amide bonds. The Bertz CT molecular complexity index is 689. The maximum Gasteiger partial charge on any atom is 0.403 e. The van der Waals surface area contributed by atoms with Gasteiger partial charge in [-0.3, -0.25) is 4.90 Å². The third-order valence-corrected chi connectivity index (χ3v) is 6.10. The highest BCUT2D eigenvalue weighted by molar-refractivity contribution is 7.88. The van der Waals surface area contributed by atoms with Crippen molar-refractivity contribution < 1.29 is 26.0 Å². The van der Waals surface area contributed by atoms with Gasteiger partial charge >= 0.3 is 6.18 Å². The zero-order valence-electron chi connectivity index (χ0n) is 12.9. The highest BCUT2D eigenvalue weighted by atomic mass is 35.5. The smallest absolute Gasteiger partial charge is 0.290 e. The molecular formula is C14H17ClF4N2O2S. The molecule has 4 nitrogen and oxygen atoms in total. The van der Waals surface area contributed by atoms with Crippen molar-refractivity contribution in [3.63, 3.8) is 0 Å². The minimum atomic E-state index is -4.36. The highest BCUT2D eigenvalue weighted by Gasteiger charge is 2.41. The SMILES string of the molecule is CC(N1CCN(S(=O)(=O)Cc2cc(Cl)ccc2F)CC1)C(F)(F)F.